The number of rotatable bonds is 26. The Hall–Kier alpha value is -1.14. The van der Waals surface area contributed by atoms with E-state index in [-0.39, 0.29) is 11.9 Å². The zero-order valence-electron chi connectivity index (χ0n) is 22.6. The van der Waals surface area contributed by atoms with Crippen LogP contribution in [0.25, 0.3) is 0 Å². The van der Waals surface area contributed by atoms with Gasteiger partial charge in [-0.25, -0.2) is 0 Å². The third-order valence-corrected chi connectivity index (χ3v) is 6.16. The maximum Gasteiger partial charge on any atom is 0.305 e. The number of ether oxygens (including phenoxy) is 2. The smallest absolute Gasteiger partial charge is 0.305 e. The first-order valence-electron chi connectivity index (χ1n) is 14.4. The fourth-order valence-corrected chi connectivity index (χ4v) is 3.99. The van der Waals surface area contributed by atoms with Crippen LogP contribution in [0.2, 0.25) is 0 Å². The standard InChI is InChI=1S/C28H56N2O4/c1-3-5-7-11-15-25-33-27(31)19-17-23-30(22-14-10-9-13-21-29)24-18-20-28(32)34-26-16-12-8-6-4-2/h3-26,29H2,1-2H3. The summed E-state index contributed by atoms with van der Waals surface area (Å²) in [6.07, 6.45) is 18.7. The lowest BCUT2D eigenvalue weighted by molar-refractivity contribution is -0.144. The fraction of sp³-hybridized carbons (Fsp3) is 0.929. The van der Waals surface area contributed by atoms with Crippen molar-refractivity contribution in [1.29, 1.82) is 0 Å². The number of nitrogens with zero attached hydrogens (tertiary/aromatic N) is 1. The average molecular weight is 485 g/mol. The summed E-state index contributed by atoms with van der Waals surface area (Å²) in [6, 6.07) is 0. The topological polar surface area (TPSA) is 81.9 Å². The second-order valence-electron chi connectivity index (χ2n) is 9.52. The van der Waals surface area contributed by atoms with Gasteiger partial charge in [-0.1, -0.05) is 78.1 Å². The maximum absolute atomic E-state index is 12.0. The lowest BCUT2D eigenvalue weighted by atomic mass is 10.1. The van der Waals surface area contributed by atoms with Crippen LogP contribution in [0, 0.1) is 0 Å². The monoisotopic (exact) mass is 484 g/mol. The Kier molecular flexibility index (Phi) is 25.6. The molecule has 6 nitrogen and oxygen atoms in total. The van der Waals surface area contributed by atoms with Crippen molar-refractivity contribution in [3.8, 4) is 0 Å². The van der Waals surface area contributed by atoms with Crippen LogP contribution in [0.4, 0.5) is 0 Å². The molecular formula is C28H56N2O4. The summed E-state index contributed by atoms with van der Waals surface area (Å²) < 4.78 is 10.8. The van der Waals surface area contributed by atoms with Gasteiger partial charge in [0.2, 0.25) is 0 Å². The van der Waals surface area contributed by atoms with Crippen molar-refractivity contribution in [2.24, 2.45) is 5.73 Å². The molecule has 0 saturated carbocycles. The molecular weight excluding hydrogens is 428 g/mol. The molecule has 0 unspecified atom stereocenters. The number of carbonyl (C=O) groups excluding carboxylic acids is 2. The average Bonchev–Trinajstić information content (AvgIpc) is 2.83. The van der Waals surface area contributed by atoms with E-state index in [0.29, 0.717) is 26.1 Å². The van der Waals surface area contributed by atoms with Gasteiger partial charge in [-0.15, -0.1) is 0 Å². The van der Waals surface area contributed by atoms with Crippen LogP contribution in [0.15, 0.2) is 0 Å². The number of hydrogen-bond acceptors (Lipinski definition) is 6. The summed E-state index contributed by atoms with van der Waals surface area (Å²) >= 11 is 0. The van der Waals surface area contributed by atoms with Crippen LogP contribution in [-0.2, 0) is 19.1 Å². The first-order valence-corrected chi connectivity index (χ1v) is 14.4. The minimum absolute atomic E-state index is 0.0825. The predicted molar refractivity (Wildman–Crippen MR) is 142 cm³/mol. The second kappa shape index (κ2) is 26.5. The molecule has 0 aromatic heterocycles. The molecule has 34 heavy (non-hydrogen) atoms. The lowest BCUT2D eigenvalue weighted by Crippen LogP contribution is -2.28. The fourth-order valence-electron chi connectivity index (χ4n) is 3.99. The number of carbonyl (C=O) groups is 2. The summed E-state index contributed by atoms with van der Waals surface area (Å²) in [7, 11) is 0. The van der Waals surface area contributed by atoms with Gasteiger partial charge < -0.3 is 20.1 Å². The number of hydrogen-bond donors (Lipinski definition) is 1. The van der Waals surface area contributed by atoms with Crippen molar-refractivity contribution in [3.63, 3.8) is 0 Å². The minimum atomic E-state index is -0.0825. The Morgan fingerprint density at radius 1 is 0.559 bits per heavy atom. The first-order chi connectivity index (χ1) is 16.6. The van der Waals surface area contributed by atoms with Gasteiger partial charge in [-0.05, 0) is 64.7 Å². The Morgan fingerprint density at radius 3 is 1.44 bits per heavy atom. The van der Waals surface area contributed by atoms with Crippen molar-refractivity contribution >= 4 is 11.9 Å². The molecule has 202 valence electrons. The van der Waals surface area contributed by atoms with Crippen LogP contribution in [0.1, 0.15) is 129 Å². The molecule has 0 bridgehead atoms. The summed E-state index contributed by atoms with van der Waals surface area (Å²) in [5.74, 6) is -0.165. The van der Waals surface area contributed by atoms with E-state index in [4.69, 9.17) is 15.2 Å². The Labute approximate surface area is 210 Å². The van der Waals surface area contributed by atoms with E-state index in [1.54, 1.807) is 0 Å². The molecule has 0 atom stereocenters. The van der Waals surface area contributed by atoms with Gasteiger partial charge in [0.15, 0.2) is 0 Å². The van der Waals surface area contributed by atoms with E-state index in [0.717, 1.165) is 77.5 Å². The van der Waals surface area contributed by atoms with E-state index in [2.05, 4.69) is 18.7 Å². The molecule has 0 aliphatic heterocycles. The van der Waals surface area contributed by atoms with Crippen LogP contribution < -0.4 is 5.73 Å². The third-order valence-electron chi connectivity index (χ3n) is 6.16. The van der Waals surface area contributed by atoms with Gasteiger partial charge in [-0.3, -0.25) is 9.59 Å². The van der Waals surface area contributed by atoms with Gasteiger partial charge >= 0.3 is 11.9 Å². The van der Waals surface area contributed by atoms with Crippen LogP contribution in [0.5, 0.6) is 0 Å². The highest BCUT2D eigenvalue weighted by Gasteiger charge is 2.10. The lowest BCUT2D eigenvalue weighted by Gasteiger charge is -2.22. The minimum Gasteiger partial charge on any atom is -0.466 e. The highest BCUT2D eigenvalue weighted by molar-refractivity contribution is 5.69. The molecule has 0 radical (unpaired) electrons. The molecule has 0 aliphatic rings. The molecule has 0 saturated heterocycles. The van der Waals surface area contributed by atoms with E-state index in [9.17, 15) is 9.59 Å². The van der Waals surface area contributed by atoms with Gasteiger partial charge in [0.1, 0.15) is 0 Å². The molecule has 0 aliphatic carbocycles. The van der Waals surface area contributed by atoms with E-state index in [1.165, 1.54) is 51.4 Å². The van der Waals surface area contributed by atoms with Crippen LogP contribution in [-0.4, -0.2) is 56.2 Å². The Morgan fingerprint density at radius 2 is 0.971 bits per heavy atom. The largest absolute Gasteiger partial charge is 0.466 e. The summed E-state index contributed by atoms with van der Waals surface area (Å²) in [5.41, 5.74) is 5.59. The summed E-state index contributed by atoms with van der Waals surface area (Å²) in [4.78, 5) is 26.4. The quantitative estimate of drug-likeness (QED) is 0.113. The van der Waals surface area contributed by atoms with Crippen molar-refractivity contribution in [2.45, 2.75) is 129 Å². The van der Waals surface area contributed by atoms with Crippen molar-refractivity contribution in [1.82, 2.24) is 4.90 Å². The van der Waals surface area contributed by atoms with Crippen LogP contribution >= 0.6 is 0 Å². The number of esters is 2. The Balaban J connectivity index is 4.05. The van der Waals surface area contributed by atoms with E-state index < -0.39 is 0 Å². The van der Waals surface area contributed by atoms with E-state index in [1.807, 2.05) is 0 Å². The highest BCUT2D eigenvalue weighted by Crippen LogP contribution is 2.08. The van der Waals surface area contributed by atoms with Crippen molar-refractivity contribution in [3.05, 3.63) is 0 Å². The number of nitrogens with two attached hydrogens (primary N) is 1. The van der Waals surface area contributed by atoms with Gasteiger partial charge in [-0.2, -0.15) is 0 Å². The molecule has 6 heteroatoms. The molecule has 0 fully saturated rings. The highest BCUT2D eigenvalue weighted by atomic mass is 16.5. The second-order valence-corrected chi connectivity index (χ2v) is 9.52. The molecule has 0 rings (SSSR count). The number of unbranched alkanes of at least 4 members (excludes halogenated alkanes) is 11. The maximum atomic E-state index is 12.0. The van der Waals surface area contributed by atoms with E-state index >= 15 is 0 Å². The van der Waals surface area contributed by atoms with Gasteiger partial charge in [0.25, 0.3) is 0 Å². The molecule has 2 N–H and O–H groups in total. The van der Waals surface area contributed by atoms with Gasteiger partial charge in [0, 0.05) is 12.8 Å². The first kappa shape index (κ1) is 32.9. The molecule has 0 aromatic rings. The Bertz CT molecular complexity index is 426. The zero-order valence-corrected chi connectivity index (χ0v) is 22.6. The molecule has 0 aromatic carbocycles. The van der Waals surface area contributed by atoms with Crippen molar-refractivity contribution in [2.75, 3.05) is 39.4 Å². The molecule has 0 heterocycles. The van der Waals surface area contributed by atoms with Crippen LogP contribution in [0.3, 0.4) is 0 Å². The molecule has 0 spiro atoms. The molecule has 0 amide bonds. The predicted octanol–water partition coefficient (Wildman–Crippen LogP) is 6.40. The zero-order chi connectivity index (χ0) is 25.1. The van der Waals surface area contributed by atoms with Crippen molar-refractivity contribution < 1.29 is 19.1 Å². The normalized spacial score (nSPS) is 11.2. The SMILES string of the molecule is CCCCCCCOC(=O)CCCN(CCCCCCN)CCCC(=O)OCCCCCCC. The summed E-state index contributed by atoms with van der Waals surface area (Å²) in [5, 5.41) is 0. The van der Waals surface area contributed by atoms with Gasteiger partial charge in [0.05, 0.1) is 13.2 Å². The third kappa shape index (κ3) is 24.0. The summed E-state index contributed by atoms with van der Waals surface area (Å²) in [6.45, 7) is 9.00.